The maximum absolute atomic E-state index is 15.1. The average Bonchev–Trinajstić information content (AvgIpc) is 3.45. The van der Waals surface area contributed by atoms with Gasteiger partial charge in [0, 0.05) is 12.7 Å². The first kappa shape index (κ1) is 25.7. The smallest absolute Gasteiger partial charge is 0.355 e. The number of hydrogen-bond acceptors (Lipinski definition) is 9. The molecule has 1 fully saturated rings. The molecule has 0 radical (unpaired) electrons. The maximum Gasteiger partial charge on any atom is 0.355 e. The van der Waals surface area contributed by atoms with Crippen LogP contribution in [0, 0.1) is 17.1 Å². The van der Waals surface area contributed by atoms with Crippen LogP contribution in [0.5, 0.6) is 5.75 Å². The number of benzene rings is 2. The van der Waals surface area contributed by atoms with Crippen LogP contribution in [0.3, 0.4) is 0 Å². The van der Waals surface area contributed by atoms with E-state index in [1.165, 1.54) is 12.1 Å². The number of halogens is 1. The van der Waals surface area contributed by atoms with Gasteiger partial charge in [0.25, 0.3) is 0 Å². The van der Waals surface area contributed by atoms with Crippen molar-refractivity contribution < 1.29 is 32.9 Å². The van der Waals surface area contributed by atoms with E-state index >= 15 is 4.39 Å². The van der Waals surface area contributed by atoms with Crippen molar-refractivity contribution in [1.82, 2.24) is 0 Å². The number of ether oxygens (including phenoxy) is 4. The van der Waals surface area contributed by atoms with Crippen LogP contribution in [0.15, 0.2) is 71.2 Å². The van der Waals surface area contributed by atoms with Crippen LogP contribution in [0.4, 0.5) is 10.1 Å². The fourth-order valence-electron chi connectivity index (χ4n) is 4.49. The minimum Gasteiger partial charge on any atom is -0.488 e. The van der Waals surface area contributed by atoms with Crippen LogP contribution in [0.2, 0.25) is 0 Å². The molecule has 10 heteroatoms. The van der Waals surface area contributed by atoms with Crippen LogP contribution < -0.4 is 15.4 Å². The summed E-state index contributed by atoms with van der Waals surface area (Å²) in [7, 11) is 2.30. The second-order valence-electron chi connectivity index (χ2n) is 8.40. The molecule has 0 bridgehead atoms. The van der Waals surface area contributed by atoms with Crippen molar-refractivity contribution in [3.63, 3.8) is 0 Å². The highest BCUT2D eigenvalue weighted by Gasteiger charge is 2.43. The van der Waals surface area contributed by atoms with Gasteiger partial charge in [-0.2, -0.15) is 5.26 Å². The predicted molar refractivity (Wildman–Crippen MR) is 130 cm³/mol. The first-order chi connectivity index (χ1) is 17.9. The van der Waals surface area contributed by atoms with E-state index < -0.39 is 23.7 Å². The van der Waals surface area contributed by atoms with E-state index in [1.54, 1.807) is 30.3 Å². The summed E-state index contributed by atoms with van der Waals surface area (Å²) in [5, 5.41) is 10.1. The lowest BCUT2D eigenvalue weighted by atomic mass is 9.81. The summed E-state index contributed by atoms with van der Waals surface area (Å²) in [5.41, 5.74) is 6.58. The summed E-state index contributed by atoms with van der Waals surface area (Å²) in [4.78, 5) is 27.3. The molecule has 2 aromatic rings. The zero-order valence-electron chi connectivity index (χ0n) is 20.4. The first-order valence-corrected chi connectivity index (χ1v) is 11.6. The normalized spacial score (nSPS) is 19.5. The number of carbonyl (C=O) groups is 2. The summed E-state index contributed by atoms with van der Waals surface area (Å²) < 4.78 is 36.2. The molecule has 2 unspecified atom stereocenters. The molecule has 9 nitrogen and oxygen atoms in total. The largest absolute Gasteiger partial charge is 0.488 e. The van der Waals surface area contributed by atoms with Gasteiger partial charge < -0.3 is 24.7 Å². The molecule has 2 aliphatic heterocycles. The van der Waals surface area contributed by atoms with Crippen LogP contribution in [0.25, 0.3) is 0 Å². The summed E-state index contributed by atoms with van der Waals surface area (Å²) in [6, 6.07) is 14.6. The molecule has 2 N–H and O–H groups in total. The van der Waals surface area contributed by atoms with Crippen LogP contribution in [0.1, 0.15) is 24.3 Å². The Balaban J connectivity index is 1.84. The average molecular weight is 508 g/mol. The molecular formula is C27H26FN3O6. The Kier molecular flexibility index (Phi) is 7.74. The van der Waals surface area contributed by atoms with Crippen molar-refractivity contribution in [2.24, 2.45) is 5.73 Å². The predicted octanol–water partition coefficient (Wildman–Crippen LogP) is 3.28. The minimum absolute atomic E-state index is 0.0154. The summed E-state index contributed by atoms with van der Waals surface area (Å²) in [6.07, 6.45) is 1.65. The number of nitrogens with two attached hydrogens (primary N) is 1. The molecular weight excluding hydrogens is 481 g/mol. The third kappa shape index (κ3) is 4.99. The number of nitriles is 1. The number of esters is 2. The molecule has 2 aromatic carbocycles. The number of hydrogen-bond donors (Lipinski definition) is 1. The maximum atomic E-state index is 15.1. The van der Waals surface area contributed by atoms with Gasteiger partial charge in [0.15, 0.2) is 11.6 Å². The van der Waals surface area contributed by atoms with Crippen LogP contribution in [-0.4, -0.2) is 45.5 Å². The van der Waals surface area contributed by atoms with Gasteiger partial charge in [-0.15, -0.1) is 0 Å². The van der Waals surface area contributed by atoms with E-state index in [0.29, 0.717) is 12.2 Å². The molecule has 0 aromatic heterocycles. The van der Waals surface area contributed by atoms with Gasteiger partial charge in [0.1, 0.15) is 18.1 Å². The quantitative estimate of drug-likeness (QED) is 0.562. The van der Waals surface area contributed by atoms with Gasteiger partial charge >= 0.3 is 11.9 Å². The monoisotopic (exact) mass is 507 g/mol. The molecule has 2 aliphatic rings. The summed E-state index contributed by atoms with van der Waals surface area (Å²) >= 11 is 0. The fraction of sp³-hybridized carbons (Fsp3) is 0.296. The molecule has 0 spiro atoms. The Labute approximate surface area is 213 Å². The molecule has 1 saturated heterocycles. The van der Waals surface area contributed by atoms with Gasteiger partial charge in [0.2, 0.25) is 0 Å². The Hall–Kier alpha value is -4.36. The van der Waals surface area contributed by atoms with E-state index in [0.717, 1.165) is 38.0 Å². The zero-order valence-corrected chi connectivity index (χ0v) is 20.4. The molecule has 0 amide bonds. The van der Waals surface area contributed by atoms with E-state index in [9.17, 15) is 14.9 Å². The van der Waals surface area contributed by atoms with Gasteiger partial charge in [-0.1, -0.05) is 30.3 Å². The fourth-order valence-corrected chi connectivity index (χ4v) is 4.49. The van der Waals surface area contributed by atoms with Crippen LogP contribution >= 0.6 is 0 Å². The molecule has 2 atom stereocenters. The Morgan fingerprint density at radius 3 is 2.49 bits per heavy atom. The van der Waals surface area contributed by atoms with E-state index in [2.05, 4.69) is 6.07 Å². The molecule has 4 rings (SSSR count). The number of allylic oxidation sites excluding steroid dienone is 1. The van der Waals surface area contributed by atoms with Gasteiger partial charge in [-0.3, -0.25) is 4.90 Å². The Bertz CT molecular complexity index is 1290. The lowest BCUT2D eigenvalue weighted by Gasteiger charge is -2.36. The van der Waals surface area contributed by atoms with Crippen molar-refractivity contribution >= 4 is 17.6 Å². The van der Waals surface area contributed by atoms with E-state index in [-0.39, 0.29) is 46.8 Å². The Morgan fingerprint density at radius 1 is 1.16 bits per heavy atom. The highest BCUT2D eigenvalue weighted by Crippen LogP contribution is 2.43. The molecule has 0 aliphatic carbocycles. The lowest BCUT2D eigenvalue weighted by Crippen LogP contribution is -2.40. The molecule has 37 heavy (non-hydrogen) atoms. The number of carbonyl (C=O) groups excluding carboxylic acids is 2. The van der Waals surface area contributed by atoms with Crippen molar-refractivity contribution in [3.05, 3.63) is 82.6 Å². The first-order valence-electron chi connectivity index (χ1n) is 11.6. The topological polar surface area (TPSA) is 124 Å². The Morgan fingerprint density at radius 2 is 1.89 bits per heavy atom. The highest BCUT2D eigenvalue weighted by molar-refractivity contribution is 6.06. The van der Waals surface area contributed by atoms with E-state index in [1.807, 2.05) is 0 Å². The molecule has 0 saturated carbocycles. The van der Waals surface area contributed by atoms with E-state index in [4.69, 9.17) is 24.7 Å². The van der Waals surface area contributed by atoms with Gasteiger partial charge in [0.05, 0.1) is 49.1 Å². The minimum atomic E-state index is -1.01. The lowest BCUT2D eigenvalue weighted by molar-refractivity contribution is -0.139. The second-order valence-corrected chi connectivity index (χ2v) is 8.40. The zero-order chi connectivity index (χ0) is 26.5. The second kappa shape index (κ2) is 11.1. The number of methoxy groups -OCH3 is 2. The van der Waals surface area contributed by atoms with Crippen molar-refractivity contribution in [2.45, 2.75) is 24.9 Å². The summed E-state index contributed by atoms with van der Waals surface area (Å²) in [5.74, 6) is -3.69. The van der Waals surface area contributed by atoms with Crippen molar-refractivity contribution in [3.8, 4) is 11.8 Å². The third-order valence-corrected chi connectivity index (χ3v) is 6.23. The van der Waals surface area contributed by atoms with Gasteiger partial charge in [-0.05, 0) is 30.5 Å². The SMILES string of the molecule is COC(=O)C1=C(C(=O)OC)N(c2ccc(OCC3CCCO3)c(F)c2)C(N)=C(C#N)C1c1ccccc1. The number of nitrogens with zero attached hydrogens (tertiary/aromatic N) is 2. The standard InChI is InChI=1S/C27H26FN3O6/c1-34-26(32)23-22(16-7-4-3-5-8-16)19(14-29)25(30)31(24(23)27(33)35-2)17-10-11-21(20(28)13-17)37-15-18-9-6-12-36-18/h3-5,7-8,10-11,13,18,22H,6,9,12,15,30H2,1-2H3. The van der Waals surface area contributed by atoms with Crippen LogP contribution in [-0.2, 0) is 23.8 Å². The molecule has 2 heterocycles. The number of rotatable bonds is 7. The van der Waals surface area contributed by atoms with Crippen molar-refractivity contribution in [2.75, 3.05) is 32.3 Å². The number of anilines is 1. The molecule has 192 valence electrons. The highest BCUT2D eigenvalue weighted by atomic mass is 19.1. The summed E-state index contributed by atoms with van der Waals surface area (Å²) in [6.45, 7) is 0.839. The van der Waals surface area contributed by atoms with Crippen molar-refractivity contribution in [1.29, 1.82) is 5.26 Å². The third-order valence-electron chi connectivity index (χ3n) is 6.23. The van der Waals surface area contributed by atoms with Gasteiger partial charge in [-0.25, -0.2) is 14.0 Å².